The highest BCUT2D eigenvalue weighted by molar-refractivity contribution is 5.95. The van der Waals surface area contributed by atoms with Gasteiger partial charge in [0.2, 0.25) is 0 Å². The summed E-state index contributed by atoms with van der Waals surface area (Å²) in [5.74, 6) is 0.678. The molecule has 0 atom stereocenters. The van der Waals surface area contributed by atoms with Crippen molar-refractivity contribution in [3.63, 3.8) is 0 Å². The van der Waals surface area contributed by atoms with Crippen LogP contribution in [-0.2, 0) is 22.6 Å². The molecule has 1 aliphatic heterocycles. The number of nitrogens with zero attached hydrogens (tertiary/aromatic N) is 4. The maximum absolute atomic E-state index is 13.1. The van der Waals surface area contributed by atoms with Crippen molar-refractivity contribution in [3.8, 4) is 11.1 Å². The lowest BCUT2D eigenvalue weighted by Gasteiger charge is -2.29. The normalized spacial score (nSPS) is 15.9. The summed E-state index contributed by atoms with van der Waals surface area (Å²) in [7, 11) is 1.57. The average molecular weight is 463 g/mol. The maximum Gasteiger partial charge on any atom is 0.252 e. The van der Waals surface area contributed by atoms with E-state index in [0.29, 0.717) is 19.0 Å². The predicted molar refractivity (Wildman–Crippen MR) is 132 cm³/mol. The number of oxazole rings is 1. The molecule has 0 aliphatic carbocycles. The van der Waals surface area contributed by atoms with Gasteiger partial charge in [-0.2, -0.15) is 0 Å². The number of pyridine rings is 1. The minimum Gasteiger partial charge on any atom is -0.449 e. The number of benzene rings is 1. The molecule has 1 aromatic carbocycles. The Morgan fingerprint density at radius 3 is 2.53 bits per heavy atom. The number of rotatable bonds is 5. The van der Waals surface area contributed by atoms with Crippen LogP contribution >= 0.6 is 0 Å². The van der Waals surface area contributed by atoms with Crippen LogP contribution in [0.2, 0.25) is 0 Å². The van der Waals surface area contributed by atoms with Gasteiger partial charge in [-0.15, -0.1) is 0 Å². The molecular formula is C27H34N4O3. The van der Waals surface area contributed by atoms with Gasteiger partial charge >= 0.3 is 0 Å². The molecule has 2 aromatic heterocycles. The number of aryl methyl sites for hydroxylation is 1. The van der Waals surface area contributed by atoms with Gasteiger partial charge in [0.15, 0.2) is 5.89 Å². The number of hydrogen-bond acceptors (Lipinski definition) is 6. The Labute approximate surface area is 201 Å². The van der Waals surface area contributed by atoms with Crippen LogP contribution in [0.4, 0.5) is 5.69 Å². The summed E-state index contributed by atoms with van der Waals surface area (Å²) in [6, 6.07) is 10.4. The molecule has 0 N–H and O–H groups in total. The van der Waals surface area contributed by atoms with E-state index < -0.39 is 0 Å². The zero-order chi connectivity index (χ0) is 23.8. The molecule has 1 amide bonds. The van der Waals surface area contributed by atoms with E-state index >= 15 is 0 Å². The van der Waals surface area contributed by atoms with Gasteiger partial charge in [0, 0.05) is 51.7 Å². The fraction of sp³-hybridized carbons (Fsp3) is 0.444. The molecule has 0 spiro atoms. The van der Waals surface area contributed by atoms with Crippen LogP contribution in [0.1, 0.15) is 49.3 Å². The third-order valence-corrected chi connectivity index (χ3v) is 6.26. The molecule has 7 nitrogen and oxygen atoms in total. The van der Waals surface area contributed by atoms with Crippen LogP contribution in [0.3, 0.4) is 0 Å². The molecule has 34 heavy (non-hydrogen) atoms. The fourth-order valence-electron chi connectivity index (χ4n) is 4.58. The van der Waals surface area contributed by atoms with Gasteiger partial charge in [-0.05, 0) is 60.3 Å². The third-order valence-electron chi connectivity index (χ3n) is 6.26. The molecule has 0 saturated heterocycles. The van der Waals surface area contributed by atoms with Gasteiger partial charge < -0.3 is 14.1 Å². The number of amides is 1. The van der Waals surface area contributed by atoms with Crippen molar-refractivity contribution in [3.05, 3.63) is 66.1 Å². The standard InChI is InChI=1S/C27H34N4O3/c1-21-29-25(19-34-21)18-30-14-6-4-3-5-7-15-31(27(32)20-33-2)26-9-8-23(16-24(26)17-30)22-10-12-28-13-11-22/h8-13,16,19H,3-7,14-15,17-18,20H2,1-2H3. The monoisotopic (exact) mass is 462 g/mol. The number of methoxy groups -OCH3 is 1. The summed E-state index contributed by atoms with van der Waals surface area (Å²) < 4.78 is 10.7. The molecule has 0 fully saturated rings. The van der Waals surface area contributed by atoms with E-state index in [1.54, 1.807) is 13.4 Å². The third kappa shape index (κ3) is 6.30. The molecule has 3 heterocycles. The SMILES string of the molecule is COCC(=O)N1CCCCCCCN(Cc2coc(C)n2)Cc2cc(-c3ccncc3)ccc21. The van der Waals surface area contributed by atoms with Gasteiger partial charge in [0.05, 0.1) is 5.69 Å². The van der Waals surface area contributed by atoms with Gasteiger partial charge in [0.1, 0.15) is 12.9 Å². The van der Waals surface area contributed by atoms with Crippen molar-refractivity contribution in [2.45, 2.75) is 52.1 Å². The number of anilines is 1. The quantitative estimate of drug-likeness (QED) is 0.532. The van der Waals surface area contributed by atoms with Crippen molar-refractivity contribution in [1.82, 2.24) is 14.9 Å². The van der Waals surface area contributed by atoms with Crippen LogP contribution in [0.15, 0.2) is 53.4 Å². The number of ether oxygens (including phenoxy) is 1. The van der Waals surface area contributed by atoms with Gasteiger partial charge in [0.25, 0.3) is 5.91 Å². The lowest BCUT2D eigenvalue weighted by Crippen LogP contribution is -2.36. The minimum absolute atomic E-state index is 0.00357. The van der Waals surface area contributed by atoms with Crippen molar-refractivity contribution < 1.29 is 13.9 Å². The van der Waals surface area contributed by atoms with Crippen molar-refractivity contribution in [2.75, 3.05) is 31.7 Å². The molecular weight excluding hydrogens is 428 g/mol. The van der Waals surface area contributed by atoms with Gasteiger partial charge in [-0.1, -0.05) is 25.3 Å². The lowest BCUT2D eigenvalue weighted by molar-refractivity contribution is -0.122. The zero-order valence-corrected chi connectivity index (χ0v) is 20.2. The Hall–Kier alpha value is -3.03. The second kappa shape index (κ2) is 11.9. The van der Waals surface area contributed by atoms with Crippen molar-refractivity contribution in [1.29, 1.82) is 0 Å². The maximum atomic E-state index is 13.1. The zero-order valence-electron chi connectivity index (χ0n) is 20.2. The Morgan fingerprint density at radius 1 is 1.03 bits per heavy atom. The number of fused-ring (bicyclic) bond motifs is 1. The summed E-state index contributed by atoms with van der Waals surface area (Å²) in [6.07, 6.45) is 11.0. The number of aromatic nitrogens is 2. The Kier molecular flexibility index (Phi) is 8.44. The summed E-state index contributed by atoms with van der Waals surface area (Å²) in [5, 5.41) is 0. The lowest BCUT2D eigenvalue weighted by atomic mass is 10.0. The Morgan fingerprint density at radius 2 is 1.79 bits per heavy atom. The molecule has 0 radical (unpaired) electrons. The van der Waals surface area contributed by atoms with E-state index in [4.69, 9.17) is 9.15 Å². The van der Waals surface area contributed by atoms with Crippen LogP contribution < -0.4 is 4.90 Å². The van der Waals surface area contributed by atoms with Crippen LogP contribution in [0.5, 0.6) is 0 Å². The summed E-state index contributed by atoms with van der Waals surface area (Å²) >= 11 is 0. The first-order chi connectivity index (χ1) is 16.6. The first-order valence-electron chi connectivity index (χ1n) is 12.1. The Balaban J connectivity index is 1.73. The second-order valence-electron chi connectivity index (χ2n) is 8.89. The van der Waals surface area contributed by atoms with Crippen molar-refractivity contribution in [2.24, 2.45) is 0 Å². The highest BCUT2D eigenvalue weighted by Gasteiger charge is 2.21. The fourth-order valence-corrected chi connectivity index (χ4v) is 4.58. The molecule has 7 heteroatoms. The average Bonchev–Trinajstić information content (AvgIpc) is 3.25. The summed E-state index contributed by atoms with van der Waals surface area (Å²) in [6.45, 7) is 5.05. The second-order valence-corrected chi connectivity index (χ2v) is 8.89. The van der Waals surface area contributed by atoms with E-state index in [1.165, 1.54) is 12.8 Å². The van der Waals surface area contributed by atoms with E-state index in [9.17, 15) is 4.79 Å². The van der Waals surface area contributed by atoms with E-state index in [2.05, 4.69) is 33.1 Å². The van der Waals surface area contributed by atoms with Crippen LogP contribution in [0.25, 0.3) is 11.1 Å². The molecule has 3 aromatic rings. The number of carbonyl (C=O) groups excluding carboxylic acids is 1. The highest BCUT2D eigenvalue weighted by atomic mass is 16.5. The number of carbonyl (C=O) groups is 1. The Bertz CT molecular complexity index is 1070. The predicted octanol–water partition coefficient (Wildman–Crippen LogP) is 4.99. The van der Waals surface area contributed by atoms with Gasteiger partial charge in [-0.3, -0.25) is 14.7 Å². The van der Waals surface area contributed by atoms with Gasteiger partial charge in [-0.25, -0.2) is 4.98 Å². The van der Waals surface area contributed by atoms with Crippen LogP contribution in [-0.4, -0.2) is 47.6 Å². The summed E-state index contributed by atoms with van der Waals surface area (Å²) in [4.78, 5) is 26.1. The molecule has 1 aliphatic rings. The minimum atomic E-state index is -0.00357. The molecule has 0 unspecified atom stereocenters. The van der Waals surface area contributed by atoms with Crippen LogP contribution in [0, 0.1) is 6.92 Å². The molecule has 0 saturated carbocycles. The first kappa shape index (κ1) is 24.1. The molecule has 180 valence electrons. The largest absolute Gasteiger partial charge is 0.449 e. The van der Waals surface area contributed by atoms with E-state index in [-0.39, 0.29) is 12.5 Å². The summed E-state index contributed by atoms with van der Waals surface area (Å²) in [5.41, 5.74) is 5.24. The number of hydrogen-bond donors (Lipinski definition) is 0. The first-order valence-corrected chi connectivity index (χ1v) is 12.1. The van der Waals surface area contributed by atoms with Crippen molar-refractivity contribution >= 4 is 11.6 Å². The highest BCUT2D eigenvalue weighted by Crippen LogP contribution is 2.30. The smallest absolute Gasteiger partial charge is 0.252 e. The van der Waals surface area contributed by atoms with E-state index in [1.807, 2.05) is 36.4 Å². The van der Waals surface area contributed by atoms with E-state index in [0.717, 1.165) is 60.4 Å². The molecule has 4 rings (SSSR count). The molecule has 0 bridgehead atoms. The topological polar surface area (TPSA) is 71.7 Å².